The number of rotatable bonds is 12. The summed E-state index contributed by atoms with van der Waals surface area (Å²) in [5.41, 5.74) is 8.65. The minimum absolute atomic E-state index is 0.117. The number of carbonyl (C=O) groups excluding carboxylic acids is 2. The predicted octanol–water partition coefficient (Wildman–Crippen LogP) is 3.88. The summed E-state index contributed by atoms with van der Waals surface area (Å²) in [6, 6.07) is 5.10. The molecule has 1 aromatic carbocycles. The molecule has 278 valence electrons. The first-order chi connectivity index (χ1) is 22.8. The SMILES string of the molecule is COC(=O)[C@H](CCSC)NC(=O)[C@@H]1C[C@H](Oc2cccc3c2CCCC3)CN1C/C=C/C(N)CS.O=C(O)C(F)(F)F.O=C(O)C(F)(F)F. The van der Waals surface area contributed by atoms with Crippen LogP contribution in [0.3, 0.4) is 0 Å². The molecule has 2 aliphatic rings. The highest BCUT2D eigenvalue weighted by molar-refractivity contribution is 7.98. The zero-order chi connectivity index (χ0) is 37.4. The Kier molecular flexibility index (Phi) is 18.9. The molecule has 0 aromatic heterocycles. The Morgan fingerprint density at radius 2 is 1.69 bits per heavy atom. The van der Waals surface area contributed by atoms with Crippen molar-refractivity contribution in [3.63, 3.8) is 0 Å². The van der Waals surface area contributed by atoms with E-state index in [1.54, 1.807) is 11.8 Å². The highest BCUT2D eigenvalue weighted by atomic mass is 32.2. The molecule has 49 heavy (non-hydrogen) atoms. The largest absolute Gasteiger partial charge is 0.490 e. The van der Waals surface area contributed by atoms with E-state index in [1.807, 2.05) is 24.5 Å². The number of nitrogens with two attached hydrogens (primary N) is 1. The van der Waals surface area contributed by atoms with Crippen molar-refractivity contribution in [2.45, 2.75) is 75.1 Å². The molecule has 1 aliphatic carbocycles. The van der Waals surface area contributed by atoms with Gasteiger partial charge in [0.1, 0.15) is 17.9 Å². The van der Waals surface area contributed by atoms with E-state index in [9.17, 15) is 35.9 Å². The number of esters is 1. The third-order valence-corrected chi connectivity index (χ3v) is 8.21. The van der Waals surface area contributed by atoms with Gasteiger partial charge in [-0.05, 0) is 61.3 Å². The lowest BCUT2D eigenvalue weighted by Crippen LogP contribution is -2.50. The first-order valence-electron chi connectivity index (χ1n) is 14.9. The molecule has 0 radical (unpaired) electrons. The van der Waals surface area contributed by atoms with E-state index in [2.05, 4.69) is 35.0 Å². The maximum absolute atomic E-state index is 13.3. The van der Waals surface area contributed by atoms with Gasteiger partial charge >= 0.3 is 30.3 Å². The van der Waals surface area contributed by atoms with Gasteiger partial charge in [-0.25, -0.2) is 14.4 Å². The van der Waals surface area contributed by atoms with E-state index >= 15 is 0 Å². The Bertz CT molecular complexity index is 1250. The lowest BCUT2D eigenvalue weighted by Gasteiger charge is -2.24. The lowest BCUT2D eigenvalue weighted by atomic mass is 9.91. The van der Waals surface area contributed by atoms with Crippen LogP contribution >= 0.6 is 24.4 Å². The fourth-order valence-electron chi connectivity index (χ4n) is 4.78. The van der Waals surface area contributed by atoms with Gasteiger partial charge in [0.25, 0.3) is 0 Å². The number of fused-ring (bicyclic) bond motifs is 1. The highest BCUT2D eigenvalue weighted by Crippen LogP contribution is 2.32. The molecule has 19 heteroatoms. The second kappa shape index (κ2) is 21.1. The second-order valence-electron chi connectivity index (χ2n) is 10.8. The average Bonchev–Trinajstić information content (AvgIpc) is 3.44. The molecule has 3 rings (SSSR count). The van der Waals surface area contributed by atoms with Crippen LogP contribution in [0.5, 0.6) is 5.75 Å². The van der Waals surface area contributed by atoms with Crippen LogP contribution in [0.25, 0.3) is 0 Å². The number of thiol groups is 1. The number of likely N-dealkylation sites (tertiary alicyclic amines) is 1. The zero-order valence-electron chi connectivity index (χ0n) is 26.8. The number of ether oxygens (including phenoxy) is 2. The van der Waals surface area contributed by atoms with Crippen molar-refractivity contribution in [2.75, 3.05) is 38.0 Å². The van der Waals surface area contributed by atoms with E-state index in [-0.39, 0.29) is 18.1 Å². The molecule has 1 fully saturated rings. The Balaban J connectivity index is 0.000000717. The number of nitrogens with one attached hydrogen (secondary N) is 1. The summed E-state index contributed by atoms with van der Waals surface area (Å²) in [6.45, 7) is 1.19. The first kappa shape index (κ1) is 43.9. The van der Waals surface area contributed by atoms with E-state index < -0.39 is 42.3 Å². The average molecular weight is 750 g/mol. The maximum atomic E-state index is 13.3. The fraction of sp³-hybridized carbons (Fsp3) is 0.600. The molecule has 1 heterocycles. The molecule has 1 aliphatic heterocycles. The van der Waals surface area contributed by atoms with Gasteiger partial charge < -0.3 is 30.7 Å². The Morgan fingerprint density at radius 3 is 2.22 bits per heavy atom. The van der Waals surface area contributed by atoms with Gasteiger partial charge in [0, 0.05) is 31.3 Å². The van der Waals surface area contributed by atoms with E-state index in [1.165, 1.54) is 31.1 Å². The van der Waals surface area contributed by atoms with Gasteiger partial charge in [-0.2, -0.15) is 50.7 Å². The molecule has 1 unspecified atom stereocenters. The number of hydrogen-bond donors (Lipinski definition) is 5. The van der Waals surface area contributed by atoms with E-state index in [4.69, 9.17) is 35.0 Å². The molecular weight excluding hydrogens is 708 g/mol. The van der Waals surface area contributed by atoms with Crippen molar-refractivity contribution >= 4 is 48.2 Å². The summed E-state index contributed by atoms with van der Waals surface area (Å²) in [5, 5.41) is 17.2. The van der Waals surface area contributed by atoms with Crippen LogP contribution < -0.4 is 15.8 Å². The topological polar surface area (TPSA) is 168 Å². The number of thioether (sulfide) groups is 1. The standard InChI is InChI=1S/C26H39N3O4S2.2C2HF3O2/c1-32-26(31)22(12-14-35-2)28-25(30)23-15-20(16-29(23)13-6-9-19(27)17-34)33-24-11-5-8-18-7-3-4-10-21(18)24;2*3-2(4,5)1(6)7/h5-6,8-9,11,19-20,22-23,34H,3-4,7,10,12-17,27H2,1-2H3,(H,28,30);2*(H,6,7)/b9-6+;;/t19?,20-,22-,23-;;/m0../s1. The summed E-state index contributed by atoms with van der Waals surface area (Å²) >= 11 is 5.86. The van der Waals surface area contributed by atoms with Crippen LogP contribution in [0.15, 0.2) is 30.4 Å². The fourth-order valence-corrected chi connectivity index (χ4v) is 5.38. The normalized spacial score (nSPS) is 18.9. The molecule has 0 bridgehead atoms. The minimum atomic E-state index is -5.08. The van der Waals surface area contributed by atoms with Crippen molar-refractivity contribution in [1.82, 2.24) is 10.2 Å². The first-order valence-corrected chi connectivity index (χ1v) is 16.9. The van der Waals surface area contributed by atoms with Gasteiger partial charge in [-0.3, -0.25) is 9.69 Å². The number of aryl methyl sites for hydroxylation is 1. The second-order valence-corrected chi connectivity index (χ2v) is 12.1. The number of benzene rings is 1. The monoisotopic (exact) mass is 749 g/mol. The molecule has 1 aromatic rings. The highest BCUT2D eigenvalue weighted by Gasteiger charge is 2.40. The van der Waals surface area contributed by atoms with Crippen molar-refractivity contribution in [1.29, 1.82) is 0 Å². The molecule has 0 saturated carbocycles. The maximum Gasteiger partial charge on any atom is 0.490 e. The van der Waals surface area contributed by atoms with Crippen molar-refractivity contribution in [3.05, 3.63) is 41.5 Å². The number of hydrogen-bond acceptors (Lipinski definition) is 10. The van der Waals surface area contributed by atoms with Gasteiger partial charge in [0.15, 0.2) is 0 Å². The summed E-state index contributed by atoms with van der Waals surface area (Å²) in [5.74, 6) is -3.85. The number of carboxylic acid groups (broad SMARTS) is 2. The molecule has 4 atom stereocenters. The Morgan fingerprint density at radius 1 is 1.10 bits per heavy atom. The summed E-state index contributed by atoms with van der Waals surface area (Å²) < 4.78 is 74.9. The predicted molar refractivity (Wildman–Crippen MR) is 173 cm³/mol. The number of carboxylic acids is 2. The van der Waals surface area contributed by atoms with Gasteiger partial charge in [0.2, 0.25) is 5.91 Å². The van der Waals surface area contributed by atoms with Crippen LogP contribution in [0, 0.1) is 0 Å². The van der Waals surface area contributed by atoms with Crippen molar-refractivity contribution in [3.8, 4) is 5.75 Å². The van der Waals surface area contributed by atoms with Crippen molar-refractivity contribution < 1.29 is 65.2 Å². The number of methoxy groups -OCH3 is 1. The molecule has 5 N–H and O–H groups in total. The van der Waals surface area contributed by atoms with Gasteiger partial charge in [-0.1, -0.05) is 24.3 Å². The number of amides is 1. The minimum Gasteiger partial charge on any atom is -0.489 e. The third kappa shape index (κ3) is 15.9. The van der Waals surface area contributed by atoms with Crippen molar-refractivity contribution in [2.24, 2.45) is 5.73 Å². The number of nitrogens with zero attached hydrogens (tertiary/aromatic N) is 1. The van der Waals surface area contributed by atoms with Gasteiger partial charge in [-0.15, -0.1) is 0 Å². The zero-order valence-corrected chi connectivity index (χ0v) is 28.5. The van der Waals surface area contributed by atoms with Gasteiger partial charge in [0.05, 0.1) is 13.2 Å². The van der Waals surface area contributed by atoms with Crippen LogP contribution in [0.2, 0.25) is 0 Å². The molecule has 11 nitrogen and oxygen atoms in total. The number of carbonyl (C=O) groups is 4. The molecule has 1 saturated heterocycles. The molecule has 0 spiro atoms. The van der Waals surface area contributed by atoms with Crippen LogP contribution in [-0.2, 0) is 36.8 Å². The third-order valence-electron chi connectivity index (χ3n) is 7.15. The summed E-state index contributed by atoms with van der Waals surface area (Å²) in [4.78, 5) is 45.5. The lowest BCUT2D eigenvalue weighted by molar-refractivity contribution is -0.193. The number of halogens is 6. The van der Waals surface area contributed by atoms with Crippen LogP contribution in [0.1, 0.15) is 36.8 Å². The van der Waals surface area contributed by atoms with Crippen LogP contribution in [-0.4, -0.2) is 113 Å². The smallest absolute Gasteiger partial charge is 0.489 e. The summed E-state index contributed by atoms with van der Waals surface area (Å²) in [6.07, 6.45) is 1.19. The van der Waals surface area contributed by atoms with E-state index in [0.29, 0.717) is 31.7 Å². The quantitative estimate of drug-likeness (QED) is 0.0911. The number of aliphatic carboxylic acids is 2. The number of alkyl halides is 6. The van der Waals surface area contributed by atoms with E-state index in [0.717, 1.165) is 24.3 Å². The molecular formula is C30H41F6N3O8S2. The molecule has 1 amide bonds. The summed E-state index contributed by atoms with van der Waals surface area (Å²) in [7, 11) is 1.35. The van der Waals surface area contributed by atoms with Crippen LogP contribution in [0.4, 0.5) is 26.3 Å². The Hall–Kier alpha value is -3.16. The Labute approximate surface area is 289 Å².